The Kier molecular flexibility index (Phi) is 4.84. The molecule has 0 saturated heterocycles. The Morgan fingerprint density at radius 1 is 1.38 bits per heavy atom. The fourth-order valence-corrected chi connectivity index (χ4v) is 2.47. The number of halogens is 1. The fraction of sp³-hybridized carbons (Fsp3) is 0.615. The molecule has 0 saturated carbocycles. The number of H-pyrrole nitrogens is 1. The zero-order valence-electron chi connectivity index (χ0n) is 12.1. The first kappa shape index (κ1) is 15.8. The Hall–Kier alpha value is -1.60. The van der Waals surface area contributed by atoms with Crippen molar-refractivity contribution < 1.29 is 5.11 Å². The summed E-state index contributed by atoms with van der Waals surface area (Å²) in [7, 11) is 0. The summed E-state index contributed by atoms with van der Waals surface area (Å²) < 4.78 is 2.49. The zero-order valence-corrected chi connectivity index (χ0v) is 12.9. The number of imidazole rings is 1. The number of aromatic amines is 1. The van der Waals surface area contributed by atoms with Crippen molar-refractivity contribution in [2.45, 2.75) is 45.7 Å². The summed E-state index contributed by atoms with van der Waals surface area (Å²) in [5.74, 6) is 0. The van der Waals surface area contributed by atoms with Gasteiger partial charge in [-0.2, -0.15) is 4.98 Å². The lowest BCUT2D eigenvalue weighted by molar-refractivity contribution is 0.231. The minimum Gasteiger partial charge on any atom is -0.394 e. The third kappa shape index (κ3) is 2.89. The summed E-state index contributed by atoms with van der Waals surface area (Å²) in [5.41, 5.74) is -0.514. The molecule has 0 amide bonds. The van der Waals surface area contributed by atoms with Crippen LogP contribution in [0.15, 0.2) is 9.59 Å². The Morgan fingerprint density at radius 2 is 2.10 bits per heavy atom. The monoisotopic (exact) mass is 314 g/mol. The second-order valence-electron chi connectivity index (χ2n) is 5.07. The van der Waals surface area contributed by atoms with Gasteiger partial charge in [-0.1, -0.05) is 19.8 Å². The van der Waals surface area contributed by atoms with Crippen molar-refractivity contribution in [3.8, 4) is 0 Å². The standard InChI is InChI=1S/C13H19ClN4O3/c1-3-4-5-6-17-10-9(15-12(14)16-10)11(20)18(13(17)21)8(2)7-19/h8,19H,3-7H2,1-2H3,(H,15,16). The number of aliphatic hydroxyl groups is 1. The van der Waals surface area contributed by atoms with E-state index in [1.54, 1.807) is 6.92 Å². The highest BCUT2D eigenvalue weighted by Crippen LogP contribution is 2.11. The summed E-state index contributed by atoms with van der Waals surface area (Å²) in [5, 5.41) is 9.33. The van der Waals surface area contributed by atoms with Gasteiger partial charge in [0.25, 0.3) is 5.56 Å². The summed E-state index contributed by atoms with van der Waals surface area (Å²) in [6, 6.07) is -0.603. The van der Waals surface area contributed by atoms with E-state index in [4.69, 9.17) is 11.6 Å². The highest BCUT2D eigenvalue weighted by Gasteiger charge is 2.19. The van der Waals surface area contributed by atoms with Gasteiger partial charge < -0.3 is 10.1 Å². The molecule has 1 unspecified atom stereocenters. The maximum absolute atomic E-state index is 12.5. The number of fused-ring (bicyclic) bond motifs is 1. The highest BCUT2D eigenvalue weighted by atomic mass is 35.5. The molecule has 0 aliphatic rings. The molecular weight excluding hydrogens is 296 g/mol. The maximum atomic E-state index is 12.5. The van der Waals surface area contributed by atoms with Crippen molar-refractivity contribution in [1.82, 2.24) is 19.1 Å². The van der Waals surface area contributed by atoms with Gasteiger partial charge in [0.15, 0.2) is 11.2 Å². The van der Waals surface area contributed by atoms with Gasteiger partial charge in [-0.15, -0.1) is 0 Å². The third-order valence-electron chi connectivity index (χ3n) is 3.47. The number of aryl methyl sites for hydroxylation is 1. The van der Waals surface area contributed by atoms with Crippen LogP contribution < -0.4 is 11.2 Å². The van der Waals surface area contributed by atoms with E-state index >= 15 is 0 Å². The fourth-order valence-electron chi connectivity index (χ4n) is 2.30. The number of aromatic nitrogens is 4. The van der Waals surface area contributed by atoms with Gasteiger partial charge in [-0.3, -0.25) is 13.9 Å². The van der Waals surface area contributed by atoms with Crippen molar-refractivity contribution in [3.63, 3.8) is 0 Å². The molecule has 1 atom stereocenters. The van der Waals surface area contributed by atoms with Crippen molar-refractivity contribution in [2.24, 2.45) is 0 Å². The van der Waals surface area contributed by atoms with Crippen LogP contribution in [-0.2, 0) is 6.54 Å². The molecule has 0 spiro atoms. The molecule has 0 bridgehead atoms. The summed E-state index contributed by atoms with van der Waals surface area (Å²) in [6.45, 7) is 3.85. The molecule has 2 rings (SSSR count). The molecule has 0 aliphatic carbocycles. The number of nitrogens with one attached hydrogen (secondary N) is 1. The third-order valence-corrected chi connectivity index (χ3v) is 3.65. The first-order valence-corrected chi connectivity index (χ1v) is 7.40. The second-order valence-corrected chi connectivity index (χ2v) is 5.43. The van der Waals surface area contributed by atoms with E-state index in [-0.39, 0.29) is 23.1 Å². The Balaban J connectivity index is 2.69. The normalized spacial score (nSPS) is 13.0. The average molecular weight is 315 g/mol. The number of aliphatic hydroxyl groups excluding tert-OH is 1. The highest BCUT2D eigenvalue weighted by molar-refractivity contribution is 6.28. The first-order valence-electron chi connectivity index (χ1n) is 7.02. The van der Waals surface area contributed by atoms with Crippen LogP contribution in [0.2, 0.25) is 5.28 Å². The number of rotatable bonds is 6. The van der Waals surface area contributed by atoms with Gasteiger partial charge in [-0.05, 0) is 24.9 Å². The predicted octanol–water partition coefficient (Wildman–Crippen LogP) is 1.28. The first-order chi connectivity index (χ1) is 10.0. The number of unbranched alkanes of at least 4 members (excludes halogenated alkanes) is 2. The van der Waals surface area contributed by atoms with Crippen LogP contribution in [0.5, 0.6) is 0 Å². The molecular formula is C13H19ClN4O3. The van der Waals surface area contributed by atoms with Gasteiger partial charge in [0.1, 0.15) is 0 Å². The van der Waals surface area contributed by atoms with Gasteiger partial charge >= 0.3 is 5.69 Å². The van der Waals surface area contributed by atoms with Crippen molar-refractivity contribution in [3.05, 3.63) is 26.1 Å². The van der Waals surface area contributed by atoms with E-state index in [9.17, 15) is 14.7 Å². The number of nitrogens with zero attached hydrogens (tertiary/aromatic N) is 3. The summed E-state index contributed by atoms with van der Waals surface area (Å²) >= 11 is 5.83. The van der Waals surface area contributed by atoms with Gasteiger partial charge in [0.05, 0.1) is 12.6 Å². The maximum Gasteiger partial charge on any atom is 0.333 e. The molecule has 0 fully saturated rings. The lowest BCUT2D eigenvalue weighted by Crippen LogP contribution is -2.42. The van der Waals surface area contributed by atoms with Crippen LogP contribution >= 0.6 is 11.6 Å². The number of hydrogen-bond donors (Lipinski definition) is 2. The van der Waals surface area contributed by atoms with Crippen molar-refractivity contribution in [1.29, 1.82) is 0 Å². The van der Waals surface area contributed by atoms with E-state index in [1.807, 2.05) is 0 Å². The lowest BCUT2D eigenvalue weighted by Gasteiger charge is -2.14. The van der Waals surface area contributed by atoms with Crippen LogP contribution in [-0.4, -0.2) is 30.8 Å². The smallest absolute Gasteiger partial charge is 0.333 e. The molecule has 0 aromatic carbocycles. The zero-order chi connectivity index (χ0) is 15.6. The van der Waals surface area contributed by atoms with Gasteiger partial charge in [0, 0.05) is 6.54 Å². The molecule has 2 aromatic rings. The molecule has 7 nitrogen and oxygen atoms in total. The minimum absolute atomic E-state index is 0.0696. The van der Waals surface area contributed by atoms with E-state index in [2.05, 4.69) is 16.9 Å². The molecule has 0 radical (unpaired) electrons. The molecule has 0 aliphatic heterocycles. The predicted molar refractivity (Wildman–Crippen MR) is 80.9 cm³/mol. The molecule has 2 aromatic heterocycles. The largest absolute Gasteiger partial charge is 0.394 e. The van der Waals surface area contributed by atoms with E-state index in [1.165, 1.54) is 4.57 Å². The topological polar surface area (TPSA) is 92.9 Å². The second kappa shape index (κ2) is 6.44. The Labute approximate surface area is 126 Å². The van der Waals surface area contributed by atoms with Crippen LogP contribution in [0.4, 0.5) is 0 Å². The summed E-state index contributed by atoms with van der Waals surface area (Å²) in [4.78, 5) is 31.6. The van der Waals surface area contributed by atoms with E-state index < -0.39 is 17.3 Å². The van der Waals surface area contributed by atoms with Crippen molar-refractivity contribution >= 4 is 22.8 Å². The van der Waals surface area contributed by atoms with Crippen LogP contribution in [0.3, 0.4) is 0 Å². The van der Waals surface area contributed by atoms with Gasteiger partial charge in [0.2, 0.25) is 5.28 Å². The number of hydrogen-bond acceptors (Lipinski definition) is 4. The van der Waals surface area contributed by atoms with Crippen LogP contribution in [0.1, 0.15) is 39.2 Å². The molecule has 116 valence electrons. The minimum atomic E-state index is -0.603. The Morgan fingerprint density at radius 3 is 2.71 bits per heavy atom. The molecule has 2 N–H and O–H groups in total. The lowest BCUT2D eigenvalue weighted by atomic mass is 10.2. The molecule has 2 heterocycles. The van der Waals surface area contributed by atoms with Crippen LogP contribution in [0, 0.1) is 0 Å². The van der Waals surface area contributed by atoms with Crippen molar-refractivity contribution in [2.75, 3.05) is 6.61 Å². The molecule has 8 heteroatoms. The average Bonchev–Trinajstić information content (AvgIpc) is 2.84. The molecule has 21 heavy (non-hydrogen) atoms. The van der Waals surface area contributed by atoms with Gasteiger partial charge in [-0.25, -0.2) is 4.79 Å². The van der Waals surface area contributed by atoms with E-state index in [0.717, 1.165) is 23.8 Å². The quantitative estimate of drug-likeness (QED) is 0.620. The van der Waals surface area contributed by atoms with Crippen LogP contribution in [0.25, 0.3) is 11.2 Å². The SMILES string of the molecule is CCCCCn1c(=O)n(C(C)CO)c(=O)c2[nH]c(Cl)nc21. The summed E-state index contributed by atoms with van der Waals surface area (Å²) in [6.07, 6.45) is 2.80. The Bertz CT molecular complexity index is 746. The van der Waals surface area contributed by atoms with E-state index in [0.29, 0.717) is 6.54 Å².